The number of carbonyl (C=O) groups is 2. The Kier molecular flexibility index (Phi) is 5.32. The van der Waals surface area contributed by atoms with Crippen molar-refractivity contribution in [1.29, 1.82) is 0 Å². The van der Waals surface area contributed by atoms with Gasteiger partial charge in [0.05, 0.1) is 0 Å². The Hall–Kier alpha value is -2.80. The largest absolute Gasteiger partial charge is 0.362 e. The zero-order chi connectivity index (χ0) is 20.5. The Morgan fingerprint density at radius 2 is 1.97 bits per heavy atom. The van der Waals surface area contributed by atoms with Gasteiger partial charge in [-0.3, -0.25) is 9.59 Å². The van der Waals surface area contributed by atoms with Gasteiger partial charge in [-0.2, -0.15) is 0 Å². The lowest BCUT2D eigenvalue weighted by Gasteiger charge is -2.34. The maximum absolute atomic E-state index is 13.5. The van der Waals surface area contributed by atoms with Gasteiger partial charge in [0.1, 0.15) is 11.6 Å². The van der Waals surface area contributed by atoms with Gasteiger partial charge in [-0.25, -0.2) is 9.37 Å². The second kappa shape index (κ2) is 7.91. The number of nitrogens with one attached hydrogen (secondary N) is 2. The summed E-state index contributed by atoms with van der Waals surface area (Å²) >= 11 is 3.32. The molecule has 1 atom stereocenters. The molecule has 148 valence electrons. The zero-order valence-electron chi connectivity index (χ0n) is 15.8. The third-order valence-electron chi connectivity index (χ3n) is 5.19. The molecule has 0 fully saturated rings. The molecule has 0 spiro atoms. The average molecular weight is 456 g/mol. The molecule has 29 heavy (non-hydrogen) atoms. The molecule has 0 radical (unpaired) electrons. The normalized spacial score (nSPS) is 19.0. The lowest BCUT2D eigenvalue weighted by atomic mass is 9.75. The second-order valence-electron chi connectivity index (χ2n) is 7.13. The topological polar surface area (TPSA) is 71.1 Å². The van der Waals surface area contributed by atoms with Gasteiger partial charge in [0.25, 0.3) is 5.91 Å². The van der Waals surface area contributed by atoms with Crippen molar-refractivity contribution < 1.29 is 14.0 Å². The van der Waals surface area contributed by atoms with Gasteiger partial charge in [-0.1, -0.05) is 12.1 Å². The third kappa shape index (κ3) is 3.87. The fourth-order valence-corrected chi connectivity index (χ4v) is 4.14. The molecule has 0 saturated heterocycles. The third-order valence-corrected chi connectivity index (χ3v) is 5.66. The van der Waals surface area contributed by atoms with Crippen LogP contribution in [0.1, 0.15) is 37.7 Å². The number of amides is 1. The quantitative estimate of drug-likeness (QED) is 0.709. The van der Waals surface area contributed by atoms with Crippen LogP contribution in [-0.4, -0.2) is 16.7 Å². The standard InChI is InChI=1S/C22H19BrFN3O2/c1-12-19(22(29)27-18-10-7-14(23)11-25-18)20(13-5-8-15(24)9-6-13)21-16(26-12)3-2-4-17(21)28/h5-11,20,26H,2-4H2,1H3,(H,25,27,29)/t20-/m0/s1. The molecule has 0 bridgehead atoms. The van der Waals surface area contributed by atoms with Gasteiger partial charge in [0.15, 0.2) is 5.78 Å². The monoisotopic (exact) mass is 455 g/mol. The van der Waals surface area contributed by atoms with Crippen molar-refractivity contribution in [3.05, 3.63) is 81.0 Å². The van der Waals surface area contributed by atoms with Gasteiger partial charge < -0.3 is 10.6 Å². The highest BCUT2D eigenvalue weighted by Crippen LogP contribution is 2.42. The number of Topliss-reactive ketones (excluding diaryl/α,β-unsaturated/α-hetero) is 1. The van der Waals surface area contributed by atoms with E-state index in [0.29, 0.717) is 34.6 Å². The number of nitrogens with zero attached hydrogens (tertiary/aromatic N) is 1. The molecule has 5 nitrogen and oxygen atoms in total. The minimum Gasteiger partial charge on any atom is -0.362 e. The summed E-state index contributed by atoms with van der Waals surface area (Å²) in [4.78, 5) is 30.2. The first-order chi connectivity index (χ1) is 13.9. The molecule has 0 unspecified atom stereocenters. The molecule has 2 heterocycles. The molecule has 1 aliphatic heterocycles. The van der Waals surface area contributed by atoms with Gasteiger partial charge >= 0.3 is 0 Å². The van der Waals surface area contributed by atoms with E-state index in [9.17, 15) is 14.0 Å². The lowest BCUT2D eigenvalue weighted by Crippen LogP contribution is -2.35. The molecule has 1 aromatic carbocycles. The van der Waals surface area contributed by atoms with Gasteiger partial charge in [0.2, 0.25) is 0 Å². The number of halogens is 2. The first-order valence-corrected chi connectivity index (χ1v) is 10.2. The van der Waals surface area contributed by atoms with Gasteiger partial charge in [-0.15, -0.1) is 0 Å². The number of allylic oxidation sites excluding steroid dienone is 3. The highest BCUT2D eigenvalue weighted by Gasteiger charge is 2.38. The van der Waals surface area contributed by atoms with Gasteiger partial charge in [-0.05, 0) is 65.5 Å². The van der Waals surface area contributed by atoms with Crippen molar-refractivity contribution in [2.75, 3.05) is 5.32 Å². The zero-order valence-corrected chi connectivity index (χ0v) is 17.3. The molecule has 2 N–H and O–H groups in total. The van der Waals surface area contributed by atoms with Crippen LogP contribution in [0.15, 0.2) is 69.6 Å². The average Bonchev–Trinajstić information content (AvgIpc) is 2.69. The molecule has 1 aromatic heterocycles. The van der Waals surface area contributed by atoms with E-state index in [1.54, 1.807) is 30.5 Å². The summed E-state index contributed by atoms with van der Waals surface area (Å²) in [5, 5.41) is 6.08. The van der Waals surface area contributed by atoms with Crippen LogP contribution in [0.3, 0.4) is 0 Å². The fraction of sp³-hybridized carbons (Fsp3) is 0.227. The van der Waals surface area contributed by atoms with Crippen molar-refractivity contribution in [2.24, 2.45) is 0 Å². The van der Waals surface area contributed by atoms with E-state index in [-0.39, 0.29) is 17.5 Å². The van der Waals surface area contributed by atoms with Crippen LogP contribution in [0.4, 0.5) is 10.2 Å². The second-order valence-corrected chi connectivity index (χ2v) is 8.05. The minimum atomic E-state index is -0.546. The predicted octanol–water partition coefficient (Wildman–Crippen LogP) is 4.59. The highest BCUT2D eigenvalue weighted by atomic mass is 79.9. The number of aromatic nitrogens is 1. The molecule has 1 amide bonds. The minimum absolute atomic E-state index is 0.0210. The first kappa shape index (κ1) is 19.5. The van der Waals surface area contributed by atoms with Crippen molar-refractivity contribution in [3.8, 4) is 0 Å². The number of rotatable bonds is 3. The van der Waals surface area contributed by atoms with Gasteiger partial charge in [0, 0.05) is 45.5 Å². The van der Waals surface area contributed by atoms with Crippen LogP contribution in [0.25, 0.3) is 0 Å². The summed E-state index contributed by atoms with van der Waals surface area (Å²) in [6.07, 6.45) is 3.57. The summed E-state index contributed by atoms with van der Waals surface area (Å²) in [6.45, 7) is 1.82. The first-order valence-electron chi connectivity index (χ1n) is 9.36. The maximum atomic E-state index is 13.5. The predicted molar refractivity (Wildman–Crippen MR) is 111 cm³/mol. The van der Waals surface area contributed by atoms with Crippen molar-refractivity contribution in [2.45, 2.75) is 32.1 Å². The van der Waals surface area contributed by atoms with Crippen molar-refractivity contribution in [3.63, 3.8) is 0 Å². The number of pyridine rings is 1. The van der Waals surface area contributed by atoms with Crippen LogP contribution < -0.4 is 10.6 Å². The Balaban J connectivity index is 1.77. The van der Waals surface area contributed by atoms with Crippen LogP contribution in [0.5, 0.6) is 0 Å². The van der Waals surface area contributed by atoms with E-state index in [1.165, 1.54) is 12.1 Å². The molecular weight excluding hydrogens is 437 g/mol. The molecule has 7 heteroatoms. The Bertz CT molecular complexity index is 1040. The summed E-state index contributed by atoms with van der Waals surface area (Å²) in [5.41, 5.74) is 3.29. The lowest BCUT2D eigenvalue weighted by molar-refractivity contribution is -0.116. The van der Waals surface area contributed by atoms with E-state index in [2.05, 4.69) is 31.5 Å². The Morgan fingerprint density at radius 1 is 1.21 bits per heavy atom. The number of anilines is 1. The van der Waals surface area contributed by atoms with Crippen LogP contribution in [0, 0.1) is 5.82 Å². The van der Waals surface area contributed by atoms with E-state index >= 15 is 0 Å². The number of carbonyl (C=O) groups excluding carboxylic acids is 2. The molecule has 2 aromatic rings. The number of dihydropyridines is 1. The molecule has 2 aliphatic rings. The van der Waals surface area contributed by atoms with E-state index in [1.807, 2.05) is 6.92 Å². The Labute approximate surface area is 176 Å². The van der Waals surface area contributed by atoms with Crippen molar-refractivity contribution >= 4 is 33.4 Å². The molecule has 1 aliphatic carbocycles. The number of hydrogen-bond acceptors (Lipinski definition) is 4. The van der Waals surface area contributed by atoms with E-state index < -0.39 is 5.92 Å². The number of ketones is 1. The number of benzene rings is 1. The van der Waals surface area contributed by atoms with E-state index in [0.717, 1.165) is 23.0 Å². The Morgan fingerprint density at radius 3 is 2.66 bits per heavy atom. The SMILES string of the molecule is CC1=C(C(=O)Nc2ccc(Br)cn2)[C@H](c2ccc(F)cc2)C2=C(CCCC2=O)N1. The summed E-state index contributed by atoms with van der Waals surface area (Å²) in [5.74, 6) is -0.824. The molecule has 4 rings (SSSR count). The molecule has 0 saturated carbocycles. The smallest absolute Gasteiger partial charge is 0.255 e. The summed E-state index contributed by atoms with van der Waals surface area (Å²) in [6, 6.07) is 9.45. The number of hydrogen-bond donors (Lipinski definition) is 2. The maximum Gasteiger partial charge on any atom is 0.255 e. The van der Waals surface area contributed by atoms with Crippen LogP contribution >= 0.6 is 15.9 Å². The molecular formula is C22H19BrFN3O2. The van der Waals surface area contributed by atoms with Crippen LogP contribution in [0.2, 0.25) is 0 Å². The fourth-order valence-electron chi connectivity index (χ4n) is 3.91. The van der Waals surface area contributed by atoms with E-state index in [4.69, 9.17) is 0 Å². The summed E-state index contributed by atoms with van der Waals surface area (Å²) in [7, 11) is 0. The van der Waals surface area contributed by atoms with Crippen LogP contribution in [-0.2, 0) is 9.59 Å². The highest BCUT2D eigenvalue weighted by molar-refractivity contribution is 9.10. The van der Waals surface area contributed by atoms with Crippen molar-refractivity contribution in [1.82, 2.24) is 10.3 Å². The summed E-state index contributed by atoms with van der Waals surface area (Å²) < 4.78 is 14.3.